The molecule has 0 aromatic heterocycles. The third-order valence-electron chi connectivity index (χ3n) is 2.59. The number of benzene rings is 1. The fourth-order valence-corrected chi connectivity index (χ4v) is 1.80. The van der Waals surface area contributed by atoms with Gasteiger partial charge in [0.1, 0.15) is 0 Å². The van der Waals surface area contributed by atoms with Crippen LogP contribution in [-0.4, -0.2) is 28.2 Å². The molecule has 4 nitrogen and oxygen atoms in total. The van der Waals surface area contributed by atoms with E-state index in [4.69, 9.17) is 5.73 Å². The average Bonchev–Trinajstić information content (AvgIpc) is 2.51. The van der Waals surface area contributed by atoms with Crippen molar-refractivity contribution in [2.45, 2.75) is 6.42 Å². The highest BCUT2D eigenvalue weighted by atomic mass is 32.1. The van der Waals surface area contributed by atoms with Gasteiger partial charge in [0, 0.05) is 13.0 Å². The molecular weight excluding hydrogens is 262 g/mol. The van der Waals surface area contributed by atoms with Crippen molar-refractivity contribution in [2.24, 2.45) is 5.73 Å². The minimum atomic E-state index is -1.16. The highest BCUT2D eigenvalue weighted by molar-refractivity contribution is 7.80. The van der Waals surface area contributed by atoms with Crippen LogP contribution < -0.4 is 5.73 Å². The number of nitrogens with zero attached hydrogens (tertiary/aromatic N) is 1. The Balaban J connectivity index is 2.35. The number of carbonyl (C=O) groups is 2. The molecule has 0 bridgehead atoms. The lowest BCUT2D eigenvalue weighted by Crippen LogP contribution is -2.32. The zero-order valence-electron chi connectivity index (χ0n) is 9.07. The zero-order chi connectivity index (χ0) is 13.4. The van der Waals surface area contributed by atoms with Gasteiger partial charge in [-0.2, -0.15) is 0 Å². The molecule has 1 heterocycles. The number of thiocarbonyl (C=S) groups is 1. The molecular formula is C11H8F2N2O2S. The molecule has 2 N–H and O–H groups in total. The van der Waals surface area contributed by atoms with Gasteiger partial charge >= 0.3 is 0 Å². The lowest BCUT2D eigenvalue weighted by Gasteiger charge is -2.12. The lowest BCUT2D eigenvalue weighted by molar-refractivity contribution is 0.0658. The van der Waals surface area contributed by atoms with Crippen LogP contribution in [0.15, 0.2) is 12.1 Å². The first-order chi connectivity index (χ1) is 8.41. The molecule has 0 aliphatic carbocycles. The van der Waals surface area contributed by atoms with Gasteiger partial charge in [0.05, 0.1) is 16.1 Å². The van der Waals surface area contributed by atoms with Crippen molar-refractivity contribution in [1.82, 2.24) is 4.90 Å². The predicted molar refractivity (Wildman–Crippen MR) is 63.1 cm³/mol. The molecule has 0 fully saturated rings. The first kappa shape index (κ1) is 12.6. The van der Waals surface area contributed by atoms with Gasteiger partial charge in [0.15, 0.2) is 11.6 Å². The van der Waals surface area contributed by atoms with Crippen molar-refractivity contribution >= 4 is 29.0 Å². The van der Waals surface area contributed by atoms with E-state index in [1.54, 1.807) is 0 Å². The Kier molecular flexibility index (Phi) is 3.08. The molecule has 1 aromatic carbocycles. The standard InChI is InChI=1S/C11H8F2N2O2S/c12-7-3-5-6(4-8(7)13)11(17)15(10(5)16)2-1-9(14)18/h3-4H,1-2H2,(H2,14,18). The quantitative estimate of drug-likeness (QED) is 0.663. The van der Waals surface area contributed by atoms with Crippen molar-refractivity contribution in [3.05, 3.63) is 34.9 Å². The fourth-order valence-electron chi connectivity index (χ4n) is 1.71. The van der Waals surface area contributed by atoms with E-state index in [2.05, 4.69) is 12.2 Å². The summed E-state index contributed by atoms with van der Waals surface area (Å²) in [6.07, 6.45) is 0.172. The molecule has 2 rings (SSSR count). The molecule has 94 valence electrons. The summed E-state index contributed by atoms with van der Waals surface area (Å²) in [5.74, 6) is -3.65. The van der Waals surface area contributed by atoms with Gasteiger partial charge in [-0.05, 0) is 12.1 Å². The smallest absolute Gasteiger partial charge is 0.261 e. The van der Waals surface area contributed by atoms with Gasteiger partial charge in [-0.3, -0.25) is 14.5 Å². The van der Waals surface area contributed by atoms with Gasteiger partial charge in [-0.25, -0.2) is 8.78 Å². The third-order valence-corrected chi connectivity index (χ3v) is 2.80. The van der Waals surface area contributed by atoms with E-state index in [0.717, 1.165) is 17.0 Å². The zero-order valence-corrected chi connectivity index (χ0v) is 9.89. The van der Waals surface area contributed by atoms with E-state index < -0.39 is 23.4 Å². The normalized spacial score (nSPS) is 14.0. The Bertz CT molecular complexity index is 533. The molecule has 0 radical (unpaired) electrons. The number of carbonyl (C=O) groups excluding carboxylic acids is 2. The van der Waals surface area contributed by atoms with Gasteiger partial charge < -0.3 is 5.73 Å². The highest BCUT2D eigenvalue weighted by Crippen LogP contribution is 2.25. The van der Waals surface area contributed by atoms with Crippen LogP contribution in [0.25, 0.3) is 0 Å². The maximum Gasteiger partial charge on any atom is 0.261 e. The Morgan fingerprint density at radius 3 is 2.00 bits per heavy atom. The van der Waals surface area contributed by atoms with Crippen molar-refractivity contribution in [1.29, 1.82) is 0 Å². The number of amides is 2. The first-order valence-corrected chi connectivity index (χ1v) is 5.46. The van der Waals surface area contributed by atoms with Crippen LogP contribution in [0.3, 0.4) is 0 Å². The number of fused-ring (bicyclic) bond motifs is 1. The van der Waals surface area contributed by atoms with E-state index >= 15 is 0 Å². The van der Waals surface area contributed by atoms with E-state index in [9.17, 15) is 18.4 Å². The summed E-state index contributed by atoms with van der Waals surface area (Å²) in [5, 5.41) is 0. The van der Waals surface area contributed by atoms with Crippen LogP contribution in [0.5, 0.6) is 0 Å². The molecule has 0 unspecified atom stereocenters. The molecule has 1 aromatic rings. The van der Waals surface area contributed by atoms with Gasteiger partial charge in [0.2, 0.25) is 0 Å². The van der Waals surface area contributed by atoms with Crippen LogP contribution in [0.4, 0.5) is 8.78 Å². The second kappa shape index (κ2) is 4.41. The highest BCUT2D eigenvalue weighted by Gasteiger charge is 2.36. The maximum absolute atomic E-state index is 13.0. The van der Waals surface area contributed by atoms with Crippen LogP contribution >= 0.6 is 12.2 Å². The van der Waals surface area contributed by atoms with Gasteiger partial charge in [-0.1, -0.05) is 12.2 Å². The van der Waals surface area contributed by atoms with Crippen molar-refractivity contribution in [2.75, 3.05) is 6.54 Å². The molecule has 0 spiro atoms. The molecule has 0 saturated carbocycles. The summed E-state index contributed by atoms with van der Waals surface area (Å²) in [5.41, 5.74) is 5.00. The second-order valence-corrected chi connectivity index (χ2v) is 4.31. The Hall–Kier alpha value is -1.89. The van der Waals surface area contributed by atoms with Crippen LogP contribution in [0.2, 0.25) is 0 Å². The summed E-state index contributed by atoms with van der Waals surface area (Å²) in [4.78, 5) is 24.7. The van der Waals surface area contributed by atoms with Crippen molar-refractivity contribution in [3.63, 3.8) is 0 Å². The van der Waals surface area contributed by atoms with Crippen molar-refractivity contribution in [3.8, 4) is 0 Å². The van der Waals surface area contributed by atoms with E-state index in [1.165, 1.54) is 0 Å². The number of hydrogen-bond donors (Lipinski definition) is 1. The third kappa shape index (κ3) is 1.97. The Morgan fingerprint density at radius 2 is 1.61 bits per heavy atom. The Morgan fingerprint density at radius 1 is 1.17 bits per heavy atom. The molecule has 2 amide bonds. The van der Waals surface area contributed by atoms with Crippen molar-refractivity contribution < 1.29 is 18.4 Å². The number of rotatable bonds is 3. The second-order valence-electron chi connectivity index (χ2n) is 3.79. The number of imide groups is 1. The summed E-state index contributed by atoms with van der Waals surface area (Å²) in [6, 6.07) is 1.46. The number of nitrogens with two attached hydrogens (primary N) is 1. The largest absolute Gasteiger partial charge is 0.393 e. The predicted octanol–water partition coefficient (Wildman–Crippen LogP) is 1.24. The van der Waals surface area contributed by atoms with Crippen LogP contribution in [0, 0.1) is 11.6 Å². The molecule has 1 aliphatic rings. The van der Waals surface area contributed by atoms with E-state index in [-0.39, 0.29) is 29.1 Å². The van der Waals surface area contributed by atoms with Crippen LogP contribution in [-0.2, 0) is 0 Å². The minimum Gasteiger partial charge on any atom is -0.393 e. The van der Waals surface area contributed by atoms with Gasteiger partial charge in [-0.15, -0.1) is 0 Å². The van der Waals surface area contributed by atoms with E-state index in [1.807, 2.05) is 0 Å². The molecule has 0 atom stereocenters. The summed E-state index contributed by atoms with van der Waals surface area (Å²) < 4.78 is 26.0. The summed E-state index contributed by atoms with van der Waals surface area (Å²) in [7, 11) is 0. The van der Waals surface area contributed by atoms with Crippen LogP contribution in [0.1, 0.15) is 27.1 Å². The van der Waals surface area contributed by atoms with Gasteiger partial charge in [0.25, 0.3) is 11.8 Å². The fraction of sp³-hybridized carbons (Fsp3) is 0.182. The molecule has 18 heavy (non-hydrogen) atoms. The minimum absolute atomic E-state index is 0.00488. The number of hydrogen-bond acceptors (Lipinski definition) is 3. The van der Waals surface area contributed by atoms with E-state index in [0.29, 0.717) is 0 Å². The SMILES string of the molecule is NC(=S)CCN1C(=O)c2cc(F)c(F)cc2C1=O. The first-order valence-electron chi connectivity index (χ1n) is 5.05. The summed E-state index contributed by atoms with van der Waals surface area (Å²) in [6.45, 7) is 0.00488. The maximum atomic E-state index is 13.0. The summed E-state index contributed by atoms with van der Waals surface area (Å²) >= 11 is 4.64. The monoisotopic (exact) mass is 270 g/mol. The topological polar surface area (TPSA) is 63.4 Å². The average molecular weight is 270 g/mol. The number of halogens is 2. The molecule has 1 aliphatic heterocycles. The Labute approximate surface area is 106 Å². The lowest BCUT2D eigenvalue weighted by atomic mass is 10.1. The molecule has 0 saturated heterocycles. The molecule has 7 heteroatoms.